The molecule has 0 atom stereocenters. The van der Waals surface area contributed by atoms with Crippen LogP contribution >= 0.6 is 11.3 Å². The molecule has 0 amide bonds. The van der Waals surface area contributed by atoms with Gasteiger partial charge in [-0.15, -0.1) is 11.3 Å². The highest BCUT2D eigenvalue weighted by molar-refractivity contribution is 7.15. The highest BCUT2D eigenvalue weighted by atomic mass is 32.1. The molecule has 0 aliphatic carbocycles. The minimum atomic E-state index is 0.924. The summed E-state index contributed by atoms with van der Waals surface area (Å²) >= 11 is 1.79. The Bertz CT molecular complexity index is 500. The molecule has 18 heavy (non-hydrogen) atoms. The minimum Gasteiger partial charge on any atom is -0.312 e. The zero-order valence-corrected chi connectivity index (χ0v) is 12.1. The minimum absolute atomic E-state index is 0.924. The predicted octanol–water partition coefficient (Wildman–Crippen LogP) is 3.79. The first kappa shape index (κ1) is 13.2. The van der Waals surface area contributed by atoms with Crippen LogP contribution in [-0.2, 0) is 13.0 Å². The van der Waals surface area contributed by atoms with Crippen molar-refractivity contribution in [1.82, 2.24) is 10.3 Å². The molecule has 0 saturated heterocycles. The second-order valence-electron chi connectivity index (χ2n) is 4.36. The van der Waals surface area contributed by atoms with Crippen LogP contribution in [-0.4, -0.2) is 11.5 Å². The lowest BCUT2D eigenvalue weighted by Gasteiger charge is -1.99. The van der Waals surface area contributed by atoms with Crippen LogP contribution in [0.2, 0.25) is 0 Å². The summed E-state index contributed by atoms with van der Waals surface area (Å²) in [6.45, 7) is 8.32. The number of nitrogens with zero attached hydrogens (tertiary/aromatic N) is 1. The number of thiazole rings is 1. The molecule has 0 unspecified atom stereocenters. The van der Waals surface area contributed by atoms with Gasteiger partial charge in [-0.05, 0) is 25.5 Å². The van der Waals surface area contributed by atoms with Crippen molar-refractivity contribution in [1.29, 1.82) is 0 Å². The van der Waals surface area contributed by atoms with Gasteiger partial charge in [0.25, 0.3) is 0 Å². The number of aryl methyl sites for hydroxylation is 2. The van der Waals surface area contributed by atoms with E-state index in [4.69, 9.17) is 0 Å². The van der Waals surface area contributed by atoms with Crippen molar-refractivity contribution < 1.29 is 0 Å². The van der Waals surface area contributed by atoms with Gasteiger partial charge in [-0.1, -0.05) is 38.1 Å². The zero-order chi connectivity index (χ0) is 13.0. The lowest BCUT2D eigenvalue weighted by molar-refractivity contribution is 0.731. The Kier molecular flexibility index (Phi) is 4.50. The molecule has 1 N–H and O–H groups in total. The van der Waals surface area contributed by atoms with Crippen LogP contribution in [0.5, 0.6) is 0 Å². The Morgan fingerprint density at radius 3 is 2.50 bits per heavy atom. The standard InChI is InChI=1S/C15H20N2S/c1-4-12-6-8-13(9-7-12)15-17-11(3)14(18-15)10-16-5-2/h6-9,16H,4-5,10H2,1-3H3. The van der Waals surface area contributed by atoms with E-state index in [1.54, 1.807) is 11.3 Å². The topological polar surface area (TPSA) is 24.9 Å². The van der Waals surface area contributed by atoms with E-state index in [1.165, 1.54) is 16.0 Å². The second kappa shape index (κ2) is 6.12. The van der Waals surface area contributed by atoms with Gasteiger partial charge >= 0.3 is 0 Å². The van der Waals surface area contributed by atoms with Crippen LogP contribution in [0, 0.1) is 6.92 Å². The van der Waals surface area contributed by atoms with Gasteiger partial charge < -0.3 is 5.32 Å². The van der Waals surface area contributed by atoms with Crippen LogP contribution in [0.25, 0.3) is 10.6 Å². The van der Waals surface area contributed by atoms with E-state index in [-0.39, 0.29) is 0 Å². The fourth-order valence-corrected chi connectivity index (χ4v) is 2.87. The van der Waals surface area contributed by atoms with E-state index < -0.39 is 0 Å². The van der Waals surface area contributed by atoms with Gasteiger partial charge in [0.1, 0.15) is 5.01 Å². The zero-order valence-electron chi connectivity index (χ0n) is 11.3. The summed E-state index contributed by atoms with van der Waals surface area (Å²) in [6, 6.07) is 8.73. The molecular weight excluding hydrogens is 240 g/mol. The molecule has 1 heterocycles. The maximum absolute atomic E-state index is 4.67. The Labute approximate surface area is 113 Å². The number of nitrogens with one attached hydrogen (secondary N) is 1. The number of hydrogen-bond acceptors (Lipinski definition) is 3. The molecule has 1 aromatic carbocycles. The fraction of sp³-hybridized carbons (Fsp3) is 0.400. The molecule has 0 aliphatic heterocycles. The fourth-order valence-electron chi connectivity index (χ4n) is 1.84. The Morgan fingerprint density at radius 2 is 1.89 bits per heavy atom. The predicted molar refractivity (Wildman–Crippen MR) is 79.0 cm³/mol. The van der Waals surface area contributed by atoms with Crippen molar-refractivity contribution in [2.45, 2.75) is 33.7 Å². The highest BCUT2D eigenvalue weighted by Gasteiger charge is 2.08. The molecule has 2 nitrogen and oxygen atoms in total. The summed E-state index contributed by atoms with van der Waals surface area (Å²) in [5.74, 6) is 0. The van der Waals surface area contributed by atoms with Crippen LogP contribution in [0.3, 0.4) is 0 Å². The Morgan fingerprint density at radius 1 is 1.17 bits per heavy atom. The van der Waals surface area contributed by atoms with Gasteiger partial charge in [0.2, 0.25) is 0 Å². The van der Waals surface area contributed by atoms with E-state index >= 15 is 0 Å². The van der Waals surface area contributed by atoms with Gasteiger partial charge in [0, 0.05) is 17.0 Å². The summed E-state index contributed by atoms with van der Waals surface area (Å²) in [5.41, 5.74) is 3.75. The molecule has 0 fully saturated rings. The number of aromatic nitrogens is 1. The number of benzene rings is 1. The third-order valence-corrected chi connectivity index (χ3v) is 4.24. The van der Waals surface area contributed by atoms with Crippen molar-refractivity contribution in [2.75, 3.05) is 6.54 Å². The molecular formula is C15H20N2S. The van der Waals surface area contributed by atoms with Gasteiger partial charge in [-0.3, -0.25) is 0 Å². The van der Waals surface area contributed by atoms with Gasteiger partial charge in [-0.2, -0.15) is 0 Å². The average molecular weight is 260 g/mol. The summed E-state index contributed by atoms with van der Waals surface area (Å²) in [5, 5.41) is 4.49. The second-order valence-corrected chi connectivity index (χ2v) is 5.44. The van der Waals surface area contributed by atoms with E-state index in [0.717, 1.165) is 30.2 Å². The SMILES string of the molecule is CCNCc1sc(-c2ccc(CC)cc2)nc1C. The van der Waals surface area contributed by atoms with Crippen molar-refractivity contribution in [3.05, 3.63) is 40.4 Å². The Balaban J connectivity index is 2.21. The first-order valence-electron chi connectivity index (χ1n) is 6.51. The third kappa shape index (κ3) is 2.98. The summed E-state index contributed by atoms with van der Waals surface area (Å²) in [6.07, 6.45) is 1.09. The maximum Gasteiger partial charge on any atom is 0.123 e. The number of rotatable bonds is 5. The van der Waals surface area contributed by atoms with Crippen molar-refractivity contribution in [2.24, 2.45) is 0 Å². The molecule has 0 radical (unpaired) electrons. The normalized spacial score (nSPS) is 10.8. The number of hydrogen-bond donors (Lipinski definition) is 1. The van der Waals surface area contributed by atoms with E-state index in [1.807, 2.05) is 0 Å². The lowest BCUT2D eigenvalue weighted by Crippen LogP contribution is -2.11. The van der Waals surface area contributed by atoms with E-state index in [0.29, 0.717) is 0 Å². The largest absolute Gasteiger partial charge is 0.312 e. The van der Waals surface area contributed by atoms with Crippen molar-refractivity contribution >= 4 is 11.3 Å². The quantitative estimate of drug-likeness (QED) is 0.884. The van der Waals surface area contributed by atoms with Gasteiger partial charge in [-0.25, -0.2) is 4.98 Å². The van der Waals surface area contributed by atoms with Crippen LogP contribution in [0.15, 0.2) is 24.3 Å². The lowest BCUT2D eigenvalue weighted by atomic mass is 10.1. The first-order chi connectivity index (χ1) is 8.74. The van der Waals surface area contributed by atoms with Gasteiger partial charge in [0.05, 0.1) is 5.69 Å². The molecule has 0 aliphatic rings. The van der Waals surface area contributed by atoms with Gasteiger partial charge in [0.15, 0.2) is 0 Å². The van der Waals surface area contributed by atoms with Crippen molar-refractivity contribution in [3.63, 3.8) is 0 Å². The molecule has 96 valence electrons. The molecule has 1 aromatic heterocycles. The summed E-state index contributed by atoms with van der Waals surface area (Å²) < 4.78 is 0. The molecule has 0 bridgehead atoms. The van der Waals surface area contributed by atoms with Crippen LogP contribution in [0.4, 0.5) is 0 Å². The van der Waals surface area contributed by atoms with Crippen LogP contribution < -0.4 is 5.32 Å². The van der Waals surface area contributed by atoms with Crippen LogP contribution in [0.1, 0.15) is 30.0 Å². The molecule has 0 saturated carbocycles. The molecule has 0 spiro atoms. The highest BCUT2D eigenvalue weighted by Crippen LogP contribution is 2.28. The summed E-state index contributed by atoms with van der Waals surface area (Å²) in [4.78, 5) is 6.01. The Hall–Kier alpha value is -1.19. The molecule has 2 aromatic rings. The van der Waals surface area contributed by atoms with E-state index in [2.05, 4.69) is 55.3 Å². The maximum atomic E-state index is 4.67. The average Bonchev–Trinajstić information content (AvgIpc) is 2.78. The summed E-state index contributed by atoms with van der Waals surface area (Å²) in [7, 11) is 0. The molecule has 3 heteroatoms. The first-order valence-corrected chi connectivity index (χ1v) is 7.32. The smallest absolute Gasteiger partial charge is 0.123 e. The van der Waals surface area contributed by atoms with Crippen molar-refractivity contribution in [3.8, 4) is 10.6 Å². The molecule has 2 rings (SSSR count). The third-order valence-electron chi connectivity index (χ3n) is 3.04. The monoisotopic (exact) mass is 260 g/mol. The van der Waals surface area contributed by atoms with E-state index in [9.17, 15) is 0 Å².